The Bertz CT molecular complexity index is 1070. The van der Waals surface area contributed by atoms with Crippen LogP contribution in [0.1, 0.15) is 17.8 Å². The van der Waals surface area contributed by atoms with Crippen LogP contribution in [0.2, 0.25) is 0 Å². The first-order valence-electron chi connectivity index (χ1n) is 8.39. The van der Waals surface area contributed by atoms with Crippen molar-refractivity contribution in [2.45, 2.75) is 19.4 Å². The molecule has 2 aromatic carbocycles. The van der Waals surface area contributed by atoms with Crippen molar-refractivity contribution in [3.63, 3.8) is 0 Å². The van der Waals surface area contributed by atoms with E-state index in [9.17, 15) is 22.8 Å². The second-order valence-corrected chi connectivity index (χ2v) is 7.09. The normalized spacial score (nSPS) is 10.9. The van der Waals surface area contributed by atoms with Crippen LogP contribution in [-0.4, -0.2) is 29.1 Å². The Balaban J connectivity index is 1.96. The van der Waals surface area contributed by atoms with Gasteiger partial charge in [0.15, 0.2) is 11.6 Å². The van der Waals surface area contributed by atoms with Gasteiger partial charge >= 0.3 is 5.97 Å². The number of anilines is 1. The van der Waals surface area contributed by atoms with Crippen molar-refractivity contribution in [3.05, 3.63) is 52.8 Å². The average Bonchev–Trinajstić information content (AvgIpc) is 3.13. The molecule has 0 saturated carbocycles. The fraction of sp³-hybridized carbons (Fsp3) is 0.211. The van der Waals surface area contributed by atoms with Crippen molar-refractivity contribution in [3.8, 4) is 5.75 Å². The number of thiazole rings is 1. The number of hydrogen-bond donors (Lipinski definition) is 1. The van der Waals surface area contributed by atoms with E-state index in [4.69, 9.17) is 9.84 Å². The monoisotopic (exact) mass is 424 g/mol. The minimum absolute atomic E-state index is 0.161. The van der Waals surface area contributed by atoms with Gasteiger partial charge in [-0.15, -0.1) is 11.3 Å². The number of carboxylic acid groups (broad SMARTS) is 1. The molecule has 1 aromatic heterocycles. The third-order valence-corrected chi connectivity index (χ3v) is 5.14. The maximum atomic E-state index is 14.0. The Labute approximate surface area is 167 Å². The summed E-state index contributed by atoms with van der Waals surface area (Å²) in [4.78, 5) is 28.6. The Morgan fingerprint density at radius 2 is 1.83 bits per heavy atom. The van der Waals surface area contributed by atoms with Crippen molar-refractivity contribution >= 4 is 39.1 Å². The molecule has 0 unspecified atom stereocenters. The van der Waals surface area contributed by atoms with Gasteiger partial charge in [-0.05, 0) is 24.3 Å². The van der Waals surface area contributed by atoms with Crippen molar-refractivity contribution < 1.29 is 32.6 Å². The van der Waals surface area contributed by atoms with Crippen LogP contribution in [0.4, 0.5) is 18.9 Å². The van der Waals surface area contributed by atoms with Crippen LogP contribution >= 0.6 is 11.3 Å². The highest BCUT2D eigenvalue weighted by Crippen LogP contribution is 2.31. The van der Waals surface area contributed by atoms with E-state index >= 15 is 0 Å². The number of ether oxygens (including phenoxy) is 1. The molecule has 3 rings (SSSR count). The summed E-state index contributed by atoms with van der Waals surface area (Å²) in [6, 6.07) is 6.84. The maximum Gasteiger partial charge on any atom is 0.303 e. The number of carboxylic acids is 1. The van der Waals surface area contributed by atoms with Gasteiger partial charge in [-0.25, -0.2) is 18.2 Å². The van der Waals surface area contributed by atoms with Crippen LogP contribution < -0.4 is 9.64 Å². The first-order chi connectivity index (χ1) is 13.8. The Kier molecular flexibility index (Phi) is 6.02. The first-order valence-corrected chi connectivity index (χ1v) is 9.21. The van der Waals surface area contributed by atoms with E-state index in [1.165, 1.54) is 12.0 Å². The molecule has 0 aliphatic heterocycles. The first kappa shape index (κ1) is 20.6. The SMILES string of the molecule is COc1ccc(N(Cc2nc3c(F)c(F)cc(F)c3s2)C(=O)CCC(=O)O)cc1. The molecule has 3 aromatic rings. The number of nitrogens with zero attached hydrogens (tertiary/aromatic N) is 2. The minimum Gasteiger partial charge on any atom is -0.497 e. The summed E-state index contributed by atoms with van der Waals surface area (Å²) in [6.07, 6.45) is -0.649. The predicted octanol–water partition coefficient (Wildman–Crippen LogP) is 4.12. The summed E-state index contributed by atoms with van der Waals surface area (Å²) in [5.74, 6) is -4.66. The van der Waals surface area contributed by atoms with E-state index < -0.39 is 34.8 Å². The van der Waals surface area contributed by atoms with Crippen LogP contribution in [-0.2, 0) is 16.1 Å². The summed E-state index contributed by atoms with van der Waals surface area (Å²) >= 11 is 0.792. The van der Waals surface area contributed by atoms with E-state index in [0.29, 0.717) is 17.5 Å². The number of hydrogen-bond acceptors (Lipinski definition) is 5. The summed E-state index contributed by atoms with van der Waals surface area (Å²) in [7, 11) is 1.48. The molecule has 1 N–H and O–H groups in total. The fourth-order valence-electron chi connectivity index (χ4n) is 2.67. The predicted molar refractivity (Wildman–Crippen MR) is 101 cm³/mol. The lowest BCUT2D eigenvalue weighted by atomic mass is 10.2. The fourth-order valence-corrected chi connectivity index (χ4v) is 3.62. The van der Waals surface area contributed by atoms with Crippen LogP contribution in [0.3, 0.4) is 0 Å². The molecular formula is C19H15F3N2O4S. The number of amides is 1. The molecule has 1 heterocycles. The molecule has 152 valence electrons. The molecular weight excluding hydrogens is 409 g/mol. The quantitative estimate of drug-likeness (QED) is 0.577. The molecule has 0 fully saturated rings. The van der Waals surface area contributed by atoms with Gasteiger partial charge in [0.05, 0.1) is 24.8 Å². The number of halogens is 3. The lowest BCUT2D eigenvalue weighted by Crippen LogP contribution is -2.30. The minimum atomic E-state index is -1.35. The highest BCUT2D eigenvalue weighted by Gasteiger charge is 2.22. The zero-order chi connectivity index (χ0) is 21.1. The maximum absolute atomic E-state index is 14.0. The van der Waals surface area contributed by atoms with E-state index in [1.54, 1.807) is 24.3 Å². The van der Waals surface area contributed by atoms with E-state index in [2.05, 4.69) is 4.98 Å². The number of carbonyl (C=O) groups is 2. The number of carbonyl (C=O) groups excluding carboxylic acids is 1. The summed E-state index contributed by atoms with van der Waals surface area (Å²) < 4.78 is 46.3. The molecule has 0 saturated heterocycles. The van der Waals surface area contributed by atoms with Crippen LogP contribution in [0.5, 0.6) is 5.75 Å². The molecule has 0 radical (unpaired) electrons. The van der Waals surface area contributed by atoms with Crippen LogP contribution in [0, 0.1) is 17.5 Å². The number of rotatable bonds is 7. The van der Waals surface area contributed by atoms with Gasteiger partial charge in [0.2, 0.25) is 5.91 Å². The lowest BCUT2D eigenvalue weighted by Gasteiger charge is -2.22. The molecule has 0 bridgehead atoms. The second-order valence-electron chi connectivity index (χ2n) is 6.01. The van der Waals surface area contributed by atoms with Crippen LogP contribution in [0.25, 0.3) is 10.2 Å². The average molecular weight is 424 g/mol. The molecule has 6 nitrogen and oxygen atoms in total. The number of aromatic nitrogens is 1. The zero-order valence-electron chi connectivity index (χ0n) is 15.1. The number of benzene rings is 2. The molecule has 1 amide bonds. The van der Waals surface area contributed by atoms with Crippen molar-refractivity contribution in [1.82, 2.24) is 4.98 Å². The molecule has 0 spiro atoms. The van der Waals surface area contributed by atoms with Gasteiger partial charge in [-0.2, -0.15) is 0 Å². The van der Waals surface area contributed by atoms with Crippen molar-refractivity contribution in [1.29, 1.82) is 0 Å². The van der Waals surface area contributed by atoms with Gasteiger partial charge < -0.3 is 14.7 Å². The van der Waals surface area contributed by atoms with E-state index in [-0.39, 0.29) is 29.1 Å². The summed E-state index contributed by atoms with van der Waals surface area (Å²) in [6.45, 7) is -0.162. The van der Waals surface area contributed by atoms with Gasteiger partial charge in [0.25, 0.3) is 0 Å². The number of aliphatic carboxylic acids is 1. The highest BCUT2D eigenvalue weighted by molar-refractivity contribution is 7.18. The smallest absolute Gasteiger partial charge is 0.303 e. The molecule has 0 aliphatic carbocycles. The van der Waals surface area contributed by atoms with Gasteiger partial charge in [-0.1, -0.05) is 0 Å². The van der Waals surface area contributed by atoms with E-state index in [1.807, 2.05) is 0 Å². The largest absolute Gasteiger partial charge is 0.497 e. The van der Waals surface area contributed by atoms with Crippen LogP contribution in [0.15, 0.2) is 30.3 Å². The molecule has 0 atom stereocenters. The molecule has 0 aliphatic rings. The van der Waals surface area contributed by atoms with Gasteiger partial charge in [-0.3, -0.25) is 9.59 Å². The summed E-state index contributed by atoms with van der Waals surface area (Å²) in [5.41, 5.74) is -0.0252. The molecule has 10 heteroatoms. The molecule has 29 heavy (non-hydrogen) atoms. The Morgan fingerprint density at radius 1 is 1.14 bits per heavy atom. The summed E-state index contributed by atoms with van der Waals surface area (Å²) in [5, 5.41) is 9.01. The van der Waals surface area contributed by atoms with Crippen molar-refractivity contribution in [2.75, 3.05) is 12.0 Å². The van der Waals surface area contributed by atoms with E-state index in [0.717, 1.165) is 11.3 Å². The van der Waals surface area contributed by atoms with Crippen molar-refractivity contribution in [2.24, 2.45) is 0 Å². The zero-order valence-corrected chi connectivity index (χ0v) is 15.9. The third kappa shape index (κ3) is 4.48. The Hall–Kier alpha value is -3.14. The topological polar surface area (TPSA) is 79.7 Å². The number of methoxy groups -OCH3 is 1. The Morgan fingerprint density at radius 3 is 2.45 bits per heavy atom. The van der Waals surface area contributed by atoms with Gasteiger partial charge in [0, 0.05) is 18.2 Å². The third-order valence-electron chi connectivity index (χ3n) is 4.09. The standard InChI is InChI=1S/C19H15F3N2O4S/c1-28-11-4-2-10(3-5-11)24(15(25)6-7-16(26)27)9-14-23-18-17(22)12(20)8-13(21)19(18)29-14/h2-5,8H,6-7,9H2,1H3,(H,26,27). The second kappa shape index (κ2) is 8.48. The highest BCUT2D eigenvalue weighted by atomic mass is 32.1. The van der Waals surface area contributed by atoms with Gasteiger partial charge in [0.1, 0.15) is 22.1 Å². The number of fused-ring (bicyclic) bond motifs is 1. The lowest BCUT2D eigenvalue weighted by molar-refractivity contribution is -0.138.